The van der Waals surface area contributed by atoms with Crippen LogP contribution in [-0.4, -0.2) is 11.9 Å². The molecule has 0 saturated carbocycles. The Hall–Kier alpha value is -1.81. The van der Waals surface area contributed by atoms with Crippen LogP contribution < -0.4 is 11.1 Å². The number of rotatable bonds is 5. The first-order chi connectivity index (χ1) is 9.49. The van der Waals surface area contributed by atoms with Gasteiger partial charge < -0.3 is 15.5 Å². The molecule has 0 spiro atoms. The van der Waals surface area contributed by atoms with Gasteiger partial charge in [0.25, 0.3) is 0 Å². The van der Waals surface area contributed by atoms with Gasteiger partial charge in [0, 0.05) is 23.4 Å². The average molecular weight is 274 g/mol. The lowest BCUT2D eigenvalue weighted by atomic mass is 10.1. The molecule has 20 heavy (non-hydrogen) atoms. The molecule has 1 aromatic carbocycles. The standard InChI is InChI=1S/C16H22N2O2/c1-10(17)8-9-15(19)18-12(3)16-11(2)13-6-4-5-7-14(13)20-16/h4-7,10,12H,8-9,17H2,1-3H3,(H,18,19). The normalized spacial score (nSPS) is 14.2. The minimum absolute atomic E-state index is 0.00894. The summed E-state index contributed by atoms with van der Waals surface area (Å²) in [6.45, 7) is 5.86. The van der Waals surface area contributed by atoms with Crippen LogP contribution in [0.1, 0.15) is 44.1 Å². The van der Waals surface area contributed by atoms with Crippen LogP contribution >= 0.6 is 0 Å². The fourth-order valence-corrected chi connectivity index (χ4v) is 2.34. The second-order valence-electron chi connectivity index (χ2n) is 5.39. The van der Waals surface area contributed by atoms with Crippen molar-refractivity contribution >= 4 is 16.9 Å². The van der Waals surface area contributed by atoms with Gasteiger partial charge in [0.05, 0.1) is 6.04 Å². The predicted molar refractivity (Wildman–Crippen MR) is 80.4 cm³/mol. The molecular formula is C16H22N2O2. The second-order valence-corrected chi connectivity index (χ2v) is 5.39. The van der Waals surface area contributed by atoms with Crippen LogP contribution in [0.15, 0.2) is 28.7 Å². The van der Waals surface area contributed by atoms with Gasteiger partial charge in [-0.2, -0.15) is 0 Å². The quantitative estimate of drug-likeness (QED) is 0.880. The molecule has 0 bridgehead atoms. The Labute approximate surface area is 119 Å². The molecule has 3 N–H and O–H groups in total. The molecule has 2 atom stereocenters. The molecule has 2 aromatic rings. The van der Waals surface area contributed by atoms with E-state index in [0.717, 1.165) is 22.3 Å². The number of hydrogen-bond donors (Lipinski definition) is 2. The summed E-state index contributed by atoms with van der Waals surface area (Å²) >= 11 is 0. The van der Waals surface area contributed by atoms with E-state index in [2.05, 4.69) is 5.32 Å². The fourth-order valence-electron chi connectivity index (χ4n) is 2.34. The van der Waals surface area contributed by atoms with Gasteiger partial charge in [-0.3, -0.25) is 4.79 Å². The highest BCUT2D eigenvalue weighted by Gasteiger charge is 2.18. The van der Waals surface area contributed by atoms with Crippen molar-refractivity contribution in [1.29, 1.82) is 0 Å². The van der Waals surface area contributed by atoms with Crippen molar-refractivity contribution in [2.24, 2.45) is 5.73 Å². The van der Waals surface area contributed by atoms with Crippen molar-refractivity contribution in [2.75, 3.05) is 0 Å². The van der Waals surface area contributed by atoms with Gasteiger partial charge in [0.1, 0.15) is 11.3 Å². The van der Waals surface area contributed by atoms with Gasteiger partial charge in [0.15, 0.2) is 0 Å². The Balaban J connectivity index is 2.09. The molecule has 4 nitrogen and oxygen atoms in total. The third-order valence-corrected chi connectivity index (χ3v) is 3.48. The number of amides is 1. The van der Waals surface area contributed by atoms with Gasteiger partial charge in [-0.05, 0) is 33.3 Å². The zero-order valence-electron chi connectivity index (χ0n) is 12.3. The third kappa shape index (κ3) is 3.20. The highest BCUT2D eigenvalue weighted by molar-refractivity contribution is 5.82. The van der Waals surface area contributed by atoms with Gasteiger partial charge >= 0.3 is 0 Å². The van der Waals surface area contributed by atoms with E-state index in [-0.39, 0.29) is 18.0 Å². The molecule has 4 heteroatoms. The van der Waals surface area contributed by atoms with E-state index < -0.39 is 0 Å². The molecule has 0 aliphatic carbocycles. The molecule has 0 radical (unpaired) electrons. The summed E-state index contributed by atoms with van der Waals surface area (Å²) in [5.41, 5.74) is 7.60. The Kier molecular flexibility index (Phi) is 4.45. The van der Waals surface area contributed by atoms with E-state index in [9.17, 15) is 4.79 Å². The largest absolute Gasteiger partial charge is 0.459 e. The van der Waals surface area contributed by atoms with E-state index in [0.29, 0.717) is 12.8 Å². The average Bonchev–Trinajstić information content (AvgIpc) is 2.74. The van der Waals surface area contributed by atoms with Crippen LogP contribution in [0.25, 0.3) is 11.0 Å². The molecule has 2 unspecified atom stereocenters. The molecule has 0 saturated heterocycles. The van der Waals surface area contributed by atoms with Crippen molar-refractivity contribution in [3.63, 3.8) is 0 Å². The summed E-state index contributed by atoms with van der Waals surface area (Å²) < 4.78 is 5.85. The number of nitrogens with two attached hydrogens (primary N) is 1. The number of nitrogens with one attached hydrogen (secondary N) is 1. The predicted octanol–water partition coefficient (Wildman–Crippen LogP) is 3.05. The number of carbonyl (C=O) groups is 1. The summed E-state index contributed by atoms with van der Waals surface area (Å²) in [5.74, 6) is 0.829. The summed E-state index contributed by atoms with van der Waals surface area (Å²) in [7, 11) is 0. The van der Waals surface area contributed by atoms with E-state index in [4.69, 9.17) is 10.2 Å². The van der Waals surface area contributed by atoms with Crippen LogP contribution in [0.4, 0.5) is 0 Å². The topological polar surface area (TPSA) is 68.3 Å². The first kappa shape index (κ1) is 14.6. The Morgan fingerprint density at radius 3 is 2.70 bits per heavy atom. The fraction of sp³-hybridized carbons (Fsp3) is 0.438. The van der Waals surface area contributed by atoms with Gasteiger partial charge in [-0.25, -0.2) is 0 Å². The maximum absolute atomic E-state index is 11.8. The molecule has 0 fully saturated rings. The third-order valence-electron chi connectivity index (χ3n) is 3.48. The smallest absolute Gasteiger partial charge is 0.220 e. The number of benzene rings is 1. The summed E-state index contributed by atoms with van der Waals surface area (Å²) in [6, 6.07) is 7.81. The number of hydrogen-bond acceptors (Lipinski definition) is 3. The minimum Gasteiger partial charge on any atom is -0.459 e. The lowest BCUT2D eigenvalue weighted by Gasteiger charge is -2.13. The van der Waals surface area contributed by atoms with Crippen LogP contribution in [0.3, 0.4) is 0 Å². The molecule has 0 aliphatic rings. The molecule has 0 aliphatic heterocycles. The summed E-state index contributed by atoms with van der Waals surface area (Å²) in [5, 5.41) is 4.06. The lowest BCUT2D eigenvalue weighted by Crippen LogP contribution is -2.28. The Morgan fingerprint density at radius 1 is 1.35 bits per heavy atom. The van der Waals surface area contributed by atoms with Gasteiger partial charge in [0.2, 0.25) is 5.91 Å². The van der Waals surface area contributed by atoms with Crippen LogP contribution in [0, 0.1) is 6.92 Å². The number of furan rings is 1. The zero-order valence-corrected chi connectivity index (χ0v) is 12.3. The molecular weight excluding hydrogens is 252 g/mol. The number of fused-ring (bicyclic) bond motifs is 1. The van der Waals surface area contributed by atoms with E-state index in [1.54, 1.807) is 0 Å². The Bertz CT molecular complexity index is 602. The molecule has 2 rings (SSSR count). The van der Waals surface area contributed by atoms with Crippen molar-refractivity contribution in [2.45, 2.75) is 45.7 Å². The van der Waals surface area contributed by atoms with Crippen LogP contribution in [-0.2, 0) is 4.79 Å². The van der Waals surface area contributed by atoms with Crippen molar-refractivity contribution in [1.82, 2.24) is 5.32 Å². The van der Waals surface area contributed by atoms with Crippen molar-refractivity contribution in [3.05, 3.63) is 35.6 Å². The molecule has 108 valence electrons. The molecule has 1 aromatic heterocycles. The summed E-state index contributed by atoms with van der Waals surface area (Å²) in [4.78, 5) is 11.8. The zero-order chi connectivity index (χ0) is 14.7. The number of para-hydroxylation sites is 1. The number of aryl methyl sites for hydroxylation is 1. The summed E-state index contributed by atoms with van der Waals surface area (Å²) in [6.07, 6.45) is 1.14. The maximum Gasteiger partial charge on any atom is 0.220 e. The number of carbonyl (C=O) groups excluding carboxylic acids is 1. The monoisotopic (exact) mass is 274 g/mol. The van der Waals surface area contributed by atoms with E-state index >= 15 is 0 Å². The van der Waals surface area contributed by atoms with Crippen molar-refractivity contribution in [3.8, 4) is 0 Å². The molecule has 1 heterocycles. The van der Waals surface area contributed by atoms with E-state index in [1.807, 2.05) is 45.0 Å². The minimum atomic E-state index is -0.136. The first-order valence-corrected chi connectivity index (χ1v) is 7.02. The van der Waals surface area contributed by atoms with E-state index in [1.165, 1.54) is 0 Å². The van der Waals surface area contributed by atoms with Gasteiger partial charge in [-0.15, -0.1) is 0 Å². The van der Waals surface area contributed by atoms with Gasteiger partial charge in [-0.1, -0.05) is 18.2 Å². The van der Waals surface area contributed by atoms with Crippen LogP contribution in [0.2, 0.25) is 0 Å². The van der Waals surface area contributed by atoms with Crippen LogP contribution in [0.5, 0.6) is 0 Å². The molecule has 1 amide bonds. The lowest BCUT2D eigenvalue weighted by molar-refractivity contribution is -0.122. The Morgan fingerprint density at radius 2 is 2.05 bits per heavy atom. The highest BCUT2D eigenvalue weighted by atomic mass is 16.3. The first-order valence-electron chi connectivity index (χ1n) is 7.02. The SMILES string of the molecule is Cc1c(C(C)NC(=O)CCC(C)N)oc2ccccc12. The highest BCUT2D eigenvalue weighted by Crippen LogP contribution is 2.29. The van der Waals surface area contributed by atoms with Crippen molar-refractivity contribution < 1.29 is 9.21 Å². The second kappa shape index (κ2) is 6.09. The maximum atomic E-state index is 11.8.